The summed E-state index contributed by atoms with van der Waals surface area (Å²) in [4.78, 5) is 0. The Hall–Kier alpha value is -1.35. The maximum absolute atomic E-state index is 5.49. The van der Waals surface area contributed by atoms with Gasteiger partial charge in [-0.2, -0.15) is 0 Å². The minimum Gasteiger partial charge on any atom is -0.356 e. The summed E-state index contributed by atoms with van der Waals surface area (Å²) in [5, 5.41) is 4.88. The minimum absolute atomic E-state index is 0.427. The number of hydrogen-bond donors (Lipinski definition) is 1. The smallest absolute Gasteiger partial charge is 0.167 e. The highest BCUT2D eigenvalue weighted by Gasteiger charge is 2.04. The Kier molecular flexibility index (Phi) is 1.59. The zero-order valence-corrected chi connectivity index (χ0v) is 6.87. The number of hydrogen-bond acceptors (Lipinski definition) is 3. The van der Waals surface area contributed by atoms with E-state index in [4.69, 9.17) is 10.3 Å². The van der Waals surface area contributed by atoms with E-state index >= 15 is 0 Å². The maximum atomic E-state index is 5.49. The second kappa shape index (κ2) is 2.60. The molecule has 0 radical (unpaired) electrons. The van der Waals surface area contributed by atoms with Crippen molar-refractivity contribution in [2.75, 3.05) is 0 Å². The van der Waals surface area contributed by atoms with Crippen LogP contribution in [0.3, 0.4) is 0 Å². The van der Waals surface area contributed by atoms with E-state index in [2.05, 4.69) is 5.16 Å². The molecule has 0 saturated heterocycles. The first-order valence-electron chi connectivity index (χ1n) is 3.86. The van der Waals surface area contributed by atoms with E-state index in [-0.39, 0.29) is 0 Å². The van der Waals surface area contributed by atoms with Crippen molar-refractivity contribution in [1.82, 2.24) is 5.16 Å². The monoisotopic (exact) mass is 162 g/mol. The number of nitrogens with zero attached hydrogens (tertiary/aromatic N) is 1. The highest BCUT2D eigenvalue weighted by atomic mass is 16.5. The van der Waals surface area contributed by atoms with Crippen LogP contribution in [0.25, 0.3) is 11.0 Å². The summed E-state index contributed by atoms with van der Waals surface area (Å²) in [7, 11) is 0. The van der Waals surface area contributed by atoms with Gasteiger partial charge in [0.2, 0.25) is 0 Å². The van der Waals surface area contributed by atoms with Crippen LogP contribution < -0.4 is 5.73 Å². The fourth-order valence-corrected chi connectivity index (χ4v) is 1.25. The molecule has 2 rings (SSSR count). The lowest BCUT2D eigenvalue weighted by Crippen LogP contribution is -1.96. The summed E-state index contributed by atoms with van der Waals surface area (Å²) >= 11 is 0. The summed E-state index contributed by atoms with van der Waals surface area (Å²) in [5.41, 5.74) is 8.32. The van der Waals surface area contributed by atoms with Crippen LogP contribution in [0, 0.1) is 6.92 Å². The van der Waals surface area contributed by atoms with Crippen molar-refractivity contribution >= 4 is 11.0 Å². The first kappa shape index (κ1) is 7.31. The van der Waals surface area contributed by atoms with E-state index in [9.17, 15) is 0 Å². The van der Waals surface area contributed by atoms with Gasteiger partial charge in [-0.3, -0.25) is 0 Å². The van der Waals surface area contributed by atoms with Gasteiger partial charge in [0.05, 0.1) is 0 Å². The molecular formula is C9H10N2O. The SMILES string of the molecule is Cc1ccc2onc(CN)c2c1. The van der Waals surface area contributed by atoms with Gasteiger partial charge in [0.25, 0.3) is 0 Å². The standard InChI is InChI=1S/C9H10N2O/c1-6-2-3-9-7(4-6)8(5-10)11-12-9/h2-4H,5,10H2,1H3. The van der Waals surface area contributed by atoms with Crippen molar-refractivity contribution in [3.63, 3.8) is 0 Å². The predicted molar refractivity (Wildman–Crippen MR) is 46.6 cm³/mol. The Morgan fingerprint density at radius 2 is 2.33 bits per heavy atom. The molecule has 0 aliphatic heterocycles. The van der Waals surface area contributed by atoms with Crippen LogP contribution in [0.1, 0.15) is 11.3 Å². The van der Waals surface area contributed by atoms with Crippen molar-refractivity contribution in [3.05, 3.63) is 29.5 Å². The van der Waals surface area contributed by atoms with Crippen LogP contribution in [0.15, 0.2) is 22.7 Å². The van der Waals surface area contributed by atoms with Gasteiger partial charge in [0.15, 0.2) is 5.58 Å². The Balaban J connectivity index is 2.75. The van der Waals surface area contributed by atoms with E-state index in [0.717, 1.165) is 16.7 Å². The summed E-state index contributed by atoms with van der Waals surface area (Å²) < 4.78 is 5.06. The van der Waals surface area contributed by atoms with Crippen molar-refractivity contribution < 1.29 is 4.52 Å². The van der Waals surface area contributed by atoms with E-state index < -0.39 is 0 Å². The molecule has 0 bridgehead atoms. The summed E-state index contributed by atoms with van der Waals surface area (Å²) in [6.07, 6.45) is 0. The molecule has 2 N–H and O–H groups in total. The molecule has 0 unspecified atom stereocenters. The minimum atomic E-state index is 0.427. The number of aryl methyl sites for hydroxylation is 1. The van der Waals surface area contributed by atoms with E-state index in [1.54, 1.807) is 0 Å². The molecule has 0 aliphatic rings. The van der Waals surface area contributed by atoms with Crippen molar-refractivity contribution in [3.8, 4) is 0 Å². The van der Waals surface area contributed by atoms with Crippen LogP contribution in [0.2, 0.25) is 0 Å². The molecule has 1 aromatic heterocycles. The van der Waals surface area contributed by atoms with E-state index in [0.29, 0.717) is 6.54 Å². The number of rotatable bonds is 1. The first-order chi connectivity index (χ1) is 5.81. The van der Waals surface area contributed by atoms with E-state index in [1.165, 1.54) is 5.56 Å². The molecule has 2 aromatic rings. The molecular weight excluding hydrogens is 152 g/mol. The van der Waals surface area contributed by atoms with Crippen LogP contribution in [0.4, 0.5) is 0 Å². The number of fused-ring (bicyclic) bond motifs is 1. The summed E-state index contributed by atoms with van der Waals surface area (Å²) in [6.45, 7) is 2.46. The van der Waals surface area contributed by atoms with Gasteiger partial charge >= 0.3 is 0 Å². The Bertz CT molecular complexity index is 406. The third-order valence-electron chi connectivity index (χ3n) is 1.89. The van der Waals surface area contributed by atoms with Crippen LogP contribution in [-0.4, -0.2) is 5.16 Å². The first-order valence-corrected chi connectivity index (χ1v) is 3.86. The van der Waals surface area contributed by atoms with Gasteiger partial charge in [-0.25, -0.2) is 0 Å². The fourth-order valence-electron chi connectivity index (χ4n) is 1.25. The lowest BCUT2D eigenvalue weighted by Gasteiger charge is -1.91. The number of nitrogens with two attached hydrogens (primary N) is 1. The van der Waals surface area contributed by atoms with Crippen molar-refractivity contribution in [2.45, 2.75) is 13.5 Å². The number of benzene rings is 1. The molecule has 0 spiro atoms. The topological polar surface area (TPSA) is 52.0 Å². The van der Waals surface area contributed by atoms with Crippen LogP contribution >= 0.6 is 0 Å². The third kappa shape index (κ3) is 0.987. The molecule has 0 fully saturated rings. The van der Waals surface area contributed by atoms with Gasteiger partial charge < -0.3 is 10.3 Å². The van der Waals surface area contributed by atoms with Crippen molar-refractivity contribution in [1.29, 1.82) is 0 Å². The lowest BCUT2D eigenvalue weighted by molar-refractivity contribution is 0.446. The molecule has 62 valence electrons. The lowest BCUT2D eigenvalue weighted by atomic mass is 10.1. The average Bonchev–Trinajstić information content (AvgIpc) is 2.46. The molecule has 0 aliphatic carbocycles. The van der Waals surface area contributed by atoms with Crippen LogP contribution in [0.5, 0.6) is 0 Å². The second-order valence-electron chi connectivity index (χ2n) is 2.83. The Morgan fingerprint density at radius 1 is 1.50 bits per heavy atom. The van der Waals surface area contributed by atoms with Gasteiger partial charge in [-0.05, 0) is 19.1 Å². The van der Waals surface area contributed by atoms with Crippen LogP contribution in [-0.2, 0) is 6.54 Å². The largest absolute Gasteiger partial charge is 0.356 e. The molecule has 12 heavy (non-hydrogen) atoms. The molecule has 0 amide bonds. The zero-order chi connectivity index (χ0) is 8.55. The normalized spacial score (nSPS) is 10.8. The third-order valence-corrected chi connectivity index (χ3v) is 1.89. The highest BCUT2D eigenvalue weighted by Crippen LogP contribution is 2.18. The van der Waals surface area contributed by atoms with Gasteiger partial charge in [-0.15, -0.1) is 0 Å². The van der Waals surface area contributed by atoms with E-state index in [1.807, 2.05) is 25.1 Å². The quantitative estimate of drug-likeness (QED) is 0.692. The van der Waals surface area contributed by atoms with Gasteiger partial charge in [-0.1, -0.05) is 16.8 Å². The maximum Gasteiger partial charge on any atom is 0.167 e. The average molecular weight is 162 g/mol. The molecule has 1 aromatic carbocycles. The van der Waals surface area contributed by atoms with Crippen molar-refractivity contribution in [2.24, 2.45) is 5.73 Å². The molecule has 1 heterocycles. The Morgan fingerprint density at radius 3 is 3.08 bits per heavy atom. The predicted octanol–water partition coefficient (Wildman–Crippen LogP) is 1.59. The molecule has 3 heteroatoms. The fraction of sp³-hybridized carbons (Fsp3) is 0.222. The summed E-state index contributed by atoms with van der Waals surface area (Å²) in [6, 6.07) is 5.94. The molecule has 3 nitrogen and oxygen atoms in total. The molecule has 0 atom stereocenters. The second-order valence-corrected chi connectivity index (χ2v) is 2.83. The summed E-state index contributed by atoms with van der Waals surface area (Å²) in [5.74, 6) is 0. The molecule has 0 saturated carbocycles. The highest BCUT2D eigenvalue weighted by molar-refractivity contribution is 5.80. The van der Waals surface area contributed by atoms with Gasteiger partial charge in [0.1, 0.15) is 5.69 Å². The van der Waals surface area contributed by atoms with Gasteiger partial charge in [0, 0.05) is 11.9 Å². The number of aromatic nitrogens is 1. The Labute approximate surface area is 70.1 Å². The zero-order valence-electron chi connectivity index (χ0n) is 6.87.